The van der Waals surface area contributed by atoms with E-state index >= 15 is 0 Å². The van der Waals surface area contributed by atoms with Crippen LogP contribution in [-0.4, -0.2) is 11.3 Å². The van der Waals surface area contributed by atoms with Gasteiger partial charge in [0.2, 0.25) is 0 Å². The Morgan fingerprint density at radius 1 is 1.17 bits per heavy atom. The summed E-state index contributed by atoms with van der Waals surface area (Å²) in [6.07, 6.45) is 7.19. The molecule has 1 aliphatic rings. The van der Waals surface area contributed by atoms with Gasteiger partial charge in [-0.1, -0.05) is 63.4 Å². The summed E-state index contributed by atoms with van der Waals surface area (Å²) in [5.74, 6) is 0. The van der Waals surface area contributed by atoms with Gasteiger partial charge in [-0.3, -0.25) is 0 Å². The van der Waals surface area contributed by atoms with Gasteiger partial charge in [-0.2, -0.15) is 0 Å². The normalized spacial score (nSPS) is 22.3. The molecule has 2 unspecified atom stereocenters. The van der Waals surface area contributed by atoms with Crippen LogP contribution in [0.15, 0.2) is 30.3 Å². The molecule has 1 aromatic rings. The van der Waals surface area contributed by atoms with E-state index in [2.05, 4.69) is 26.0 Å². The first-order valence-electron chi connectivity index (χ1n) is 7.34. The lowest BCUT2D eigenvalue weighted by Crippen LogP contribution is -2.26. The van der Waals surface area contributed by atoms with E-state index in [9.17, 15) is 4.57 Å². The maximum atomic E-state index is 13.7. The zero-order valence-corrected chi connectivity index (χ0v) is 12.5. The Kier molecular flexibility index (Phi) is 4.67. The highest BCUT2D eigenvalue weighted by Gasteiger charge is 2.39. The number of hydrogen-bond donors (Lipinski definition) is 0. The molecule has 0 radical (unpaired) electrons. The fraction of sp³-hybridized carbons (Fsp3) is 0.625. The third-order valence-corrected chi connectivity index (χ3v) is 8.90. The van der Waals surface area contributed by atoms with Gasteiger partial charge in [0, 0.05) is 16.6 Å². The zero-order valence-electron chi connectivity index (χ0n) is 11.6. The molecule has 100 valence electrons. The van der Waals surface area contributed by atoms with E-state index in [0.717, 1.165) is 24.6 Å². The van der Waals surface area contributed by atoms with Gasteiger partial charge in [0.25, 0.3) is 0 Å². The number of hydrogen-bond acceptors (Lipinski definition) is 1. The van der Waals surface area contributed by atoms with E-state index in [1.165, 1.54) is 19.3 Å². The average Bonchev–Trinajstić information content (AvgIpc) is 2.47. The molecule has 18 heavy (non-hydrogen) atoms. The van der Waals surface area contributed by atoms with Gasteiger partial charge >= 0.3 is 0 Å². The molecule has 0 aliphatic heterocycles. The van der Waals surface area contributed by atoms with E-state index < -0.39 is 7.14 Å². The Hall–Kier alpha value is -0.550. The highest BCUT2D eigenvalue weighted by Crippen LogP contribution is 2.59. The van der Waals surface area contributed by atoms with Gasteiger partial charge in [-0.15, -0.1) is 0 Å². The van der Waals surface area contributed by atoms with Gasteiger partial charge in [-0.05, 0) is 19.3 Å². The number of rotatable bonds is 4. The van der Waals surface area contributed by atoms with Crippen molar-refractivity contribution >= 4 is 12.4 Å². The summed E-state index contributed by atoms with van der Waals surface area (Å²) in [6, 6.07) is 10.3. The van der Waals surface area contributed by atoms with Gasteiger partial charge in [-0.25, -0.2) is 0 Å². The van der Waals surface area contributed by atoms with Crippen LogP contribution >= 0.6 is 7.14 Å². The highest BCUT2D eigenvalue weighted by molar-refractivity contribution is 7.72. The minimum atomic E-state index is -2.24. The summed E-state index contributed by atoms with van der Waals surface area (Å²) in [4.78, 5) is 0. The molecule has 0 heterocycles. The predicted octanol–water partition coefficient (Wildman–Crippen LogP) is 4.81. The first-order valence-corrected chi connectivity index (χ1v) is 9.19. The van der Waals surface area contributed by atoms with Crippen LogP contribution in [0.5, 0.6) is 0 Å². The second kappa shape index (κ2) is 6.06. The molecule has 1 nitrogen and oxygen atoms in total. The predicted molar refractivity (Wildman–Crippen MR) is 80.3 cm³/mol. The third-order valence-electron chi connectivity index (χ3n) is 4.52. The molecule has 1 aromatic carbocycles. The van der Waals surface area contributed by atoms with Crippen LogP contribution in [0.4, 0.5) is 0 Å². The molecule has 0 saturated heterocycles. The topological polar surface area (TPSA) is 17.1 Å². The third kappa shape index (κ3) is 2.57. The lowest BCUT2D eigenvalue weighted by molar-refractivity contribution is 0.481. The van der Waals surface area contributed by atoms with E-state index in [0.29, 0.717) is 11.3 Å². The highest BCUT2D eigenvalue weighted by atomic mass is 31.2. The van der Waals surface area contributed by atoms with Crippen LogP contribution in [0.1, 0.15) is 52.4 Å². The summed E-state index contributed by atoms with van der Waals surface area (Å²) in [6.45, 7) is 4.35. The molecule has 0 spiro atoms. The smallest absolute Gasteiger partial charge is 0.121 e. The van der Waals surface area contributed by atoms with Crippen molar-refractivity contribution in [3.05, 3.63) is 30.3 Å². The van der Waals surface area contributed by atoms with Gasteiger partial charge < -0.3 is 4.57 Å². The molecular formula is C16H25OP. The van der Waals surface area contributed by atoms with Crippen molar-refractivity contribution < 1.29 is 4.57 Å². The molecule has 0 aromatic heterocycles. The largest absolute Gasteiger partial charge is 0.318 e. The Balaban J connectivity index is 2.37. The van der Waals surface area contributed by atoms with Crippen molar-refractivity contribution in [3.63, 3.8) is 0 Å². The quantitative estimate of drug-likeness (QED) is 0.713. The van der Waals surface area contributed by atoms with Crippen molar-refractivity contribution in [2.75, 3.05) is 0 Å². The average molecular weight is 264 g/mol. The Labute approximate surface area is 111 Å². The fourth-order valence-electron chi connectivity index (χ4n) is 3.22. The van der Waals surface area contributed by atoms with Crippen LogP contribution < -0.4 is 5.30 Å². The Morgan fingerprint density at radius 2 is 1.78 bits per heavy atom. The van der Waals surface area contributed by atoms with Crippen molar-refractivity contribution in [2.24, 2.45) is 0 Å². The molecule has 1 aliphatic carbocycles. The lowest BCUT2D eigenvalue weighted by atomic mass is 10.0. The van der Waals surface area contributed by atoms with Gasteiger partial charge in [0.15, 0.2) is 0 Å². The summed E-state index contributed by atoms with van der Waals surface area (Å²) in [5, 5.41) is 1.12. The van der Waals surface area contributed by atoms with Crippen molar-refractivity contribution in [1.82, 2.24) is 0 Å². The summed E-state index contributed by atoms with van der Waals surface area (Å²) in [5.41, 5.74) is 0.756. The van der Waals surface area contributed by atoms with Crippen LogP contribution in [-0.2, 0) is 4.57 Å². The molecule has 2 atom stereocenters. The van der Waals surface area contributed by atoms with E-state index in [4.69, 9.17) is 0 Å². The summed E-state index contributed by atoms with van der Waals surface area (Å²) >= 11 is 0. The van der Waals surface area contributed by atoms with Crippen LogP contribution in [0.3, 0.4) is 0 Å². The zero-order chi connectivity index (χ0) is 13.0. The number of benzene rings is 1. The molecule has 1 fully saturated rings. The fourth-order valence-corrected chi connectivity index (χ4v) is 7.19. The van der Waals surface area contributed by atoms with Crippen LogP contribution in [0, 0.1) is 0 Å². The first kappa shape index (κ1) is 13.9. The van der Waals surface area contributed by atoms with Crippen molar-refractivity contribution in [1.29, 1.82) is 0 Å². The Bertz CT molecular complexity index is 406. The molecule has 2 heteroatoms. The SMILES string of the molecule is CCC(C)P(=O)(c1ccccc1)C1CCCCC1. The summed E-state index contributed by atoms with van der Waals surface area (Å²) < 4.78 is 13.7. The van der Waals surface area contributed by atoms with E-state index in [1.807, 2.05) is 18.2 Å². The molecule has 1 saturated carbocycles. The molecular weight excluding hydrogens is 239 g/mol. The second-order valence-electron chi connectivity index (χ2n) is 5.59. The Morgan fingerprint density at radius 3 is 2.33 bits per heavy atom. The second-order valence-corrected chi connectivity index (χ2v) is 9.14. The monoisotopic (exact) mass is 264 g/mol. The van der Waals surface area contributed by atoms with Crippen molar-refractivity contribution in [3.8, 4) is 0 Å². The van der Waals surface area contributed by atoms with Gasteiger partial charge in [0.1, 0.15) is 7.14 Å². The summed E-state index contributed by atoms with van der Waals surface area (Å²) in [7, 11) is -2.24. The maximum Gasteiger partial charge on any atom is 0.121 e. The minimum absolute atomic E-state index is 0.322. The first-order chi connectivity index (χ1) is 8.69. The minimum Gasteiger partial charge on any atom is -0.318 e. The van der Waals surface area contributed by atoms with Crippen LogP contribution in [0.2, 0.25) is 0 Å². The van der Waals surface area contributed by atoms with Gasteiger partial charge in [0.05, 0.1) is 0 Å². The standard InChI is InChI=1S/C16H25OP/c1-3-14(2)18(17,15-10-6-4-7-11-15)16-12-8-5-9-13-16/h4,6-7,10-11,14,16H,3,5,8-9,12-13H2,1-2H3. The maximum absolute atomic E-state index is 13.7. The molecule has 0 bridgehead atoms. The molecule has 2 rings (SSSR count). The molecule has 0 N–H and O–H groups in total. The lowest BCUT2D eigenvalue weighted by Gasteiger charge is -2.35. The van der Waals surface area contributed by atoms with E-state index in [-0.39, 0.29) is 0 Å². The van der Waals surface area contributed by atoms with Crippen LogP contribution in [0.25, 0.3) is 0 Å². The van der Waals surface area contributed by atoms with E-state index in [1.54, 1.807) is 0 Å². The molecule has 0 amide bonds. The van der Waals surface area contributed by atoms with Crippen molar-refractivity contribution in [2.45, 2.75) is 63.7 Å².